The molecule has 7 nitrogen and oxygen atoms in total. The Morgan fingerprint density at radius 3 is 2.67 bits per heavy atom. The third-order valence-corrected chi connectivity index (χ3v) is 3.86. The topological polar surface area (TPSA) is 83.9 Å². The molecule has 3 N–H and O–H groups in total. The number of hydrogen-bond acceptors (Lipinski definition) is 4. The fraction of sp³-hybridized carbons (Fsp3) is 0.0667. The number of hydrazine groups is 1. The fourth-order valence-corrected chi connectivity index (χ4v) is 2.46. The van der Waals surface area contributed by atoms with Crippen LogP contribution in [0.25, 0.3) is 11.0 Å². The molecule has 0 radical (unpaired) electrons. The van der Waals surface area contributed by atoms with Gasteiger partial charge in [-0.3, -0.25) is 15.6 Å². The van der Waals surface area contributed by atoms with Gasteiger partial charge in [-0.05, 0) is 48.6 Å². The summed E-state index contributed by atoms with van der Waals surface area (Å²) >= 11 is 8.49. The lowest BCUT2D eigenvalue weighted by atomic mass is 10.3. The van der Waals surface area contributed by atoms with E-state index < -0.39 is 0 Å². The molecule has 0 fully saturated rings. The molecule has 0 aliphatic carbocycles. The molecule has 0 aliphatic heterocycles. The van der Waals surface area contributed by atoms with Gasteiger partial charge in [0.05, 0.1) is 5.52 Å². The Morgan fingerprint density at radius 1 is 1.12 bits per heavy atom. The highest BCUT2D eigenvalue weighted by Crippen LogP contribution is 2.13. The number of amides is 1. The van der Waals surface area contributed by atoms with Gasteiger partial charge in [-0.15, -0.1) is 5.10 Å². The molecule has 24 heavy (non-hydrogen) atoms. The molecule has 1 amide bonds. The normalized spacial score (nSPS) is 10.4. The van der Waals surface area contributed by atoms with E-state index in [1.54, 1.807) is 0 Å². The van der Waals surface area contributed by atoms with Gasteiger partial charge in [0, 0.05) is 10.2 Å². The van der Waals surface area contributed by atoms with Crippen LogP contribution in [-0.4, -0.2) is 26.0 Å². The maximum Gasteiger partial charge on any atom is 0.260 e. The van der Waals surface area contributed by atoms with Gasteiger partial charge in [-0.1, -0.05) is 33.3 Å². The number of nitrogens with zero attached hydrogens (tertiary/aromatic N) is 3. The van der Waals surface area contributed by atoms with Gasteiger partial charge in [0.2, 0.25) is 0 Å². The highest BCUT2D eigenvalue weighted by Gasteiger charge is 2.08. The van der Waals surface area contributed by atoms with Gasteiger partial charge < -0.3 is 5.32 Å². The zero-order valence-electron chi connectivity index (χ0n) is 12.4. The second-order valence-corrected chi connectivity index (χ2v) is 6.19. The molecular formula is C15H13BrN6OS. The Bertz CT molecular complexity index is 879. The molecule has 0 aliphatic rings. The zero-order valence-corrected chi connectivity index (χ0v) is 14.8. The number of benzene rings is 2. The molecule has 0 unspecified atom stereocenters. The lowest BCUT2D eigenvalue weighted by Gasteiger charge is -2.11. The minimum Gasteiger partial charge on any atom is -0.331 e. The van der Waals surface area contributed by atoms with E-state index in [4.69, 9.17) is 12.2 Å². The molecule has 1 aromatic heterocycles. The quantitative estimate of drug-likeness (QED) is 0.458. The molecule has 3 aromatic rings. The largest absolute Gasteiger partial charge is 0.331 e. The summed E-state index contributed by atoms with van der Waals surface area (Å²) in [6, 6.07) is 14.9. The fourth-order valence-electron chi connectivity index (χ4n) is 2.03. The predicted octanol–water partition coefficient (Wildman–Crippen LogP) is 2.21. The molecule has 122 valence electrons. The number of thiocarbonyl (C=S) groups is 1. The Morgan fingerprint density at radius 2 is 1.88 bits per heavy atom. The Kier molecular flexibility index (Phi) is 5.02. The number of para-hydroxylation sites is 1. The van der Waals surface area contributed by atoms with Crippen molar-refractivity contribution in [1.29, 1.82) is 0 Å². The Balaban J connectivity index is 1.52. The third kappa shape index (κ3) is 4.06. The average Bonchev–Trinajstić information content (AvgIpc) is 2.98. The van der Waals surface area contributed by atoms with E-state index in [0.717, 1.165) is 21.2 Å². The SMILES string of the molecule is O=C(Cn1nnc2ccccc21)NNC(=S)Nc1ccc(Br)cc1. The van der Waals surface area contributed by atoms with Crippen LogP contribution in [-0.2, 0) is 11.3 Å². The van der Waals surface area contributed by atoms with Crippen LogP contribution in [0.4, 0.5) is 5.69 Å². The van der Waals surface area contributed by atoms with Crippen molar-refractivity contribution >= 4 is 55.9 Å². The molecule has 0 bridgehead atoms. The van der Waals surface area contributed by atoms with Crippen molar-refractivity contribution in [3.05, 3.63) is 53.0 Å². The lowest BCUT2D eigenvalue weighted by molar-refractivity contribution is -0.122. The van der Waals surface area contributed by atoms with E-state index >= 15 is 0 Å². The van der Waals surface area contributed by atoms with Gasteiger partial charge in [0.15, 0.2) is 5.11 Å². The van der Waals surface area contributed by atoms with Gasteiger partial charge >= 0.3 is 0 Å². The Hall–Kier alpha value is -2.52. The minimum absolute atomic E-state index is 0.0361. The number of anilines is 1. The van der Waals surface area contributed by atoms with E-state index in [1.807, 2.05) is 48.5 Å². The van der Waals surface area contributed by atoms with Crippen LogP contribution < -0.4 is 16.2 Å². The van der Waals surface area contributed by atoms with Crippen molar-refractivity contribution in [2.45, 2.75) is 6.54 Å². The second-order valence-electron chi connectivity index (χ2n) is 4.87. The highest BCUT2D eigenvalue weighted by molar-refractivity contribution is 9.10. The van der Waals surface area contributed by atoms with E-state index in [2.05, 4.69) is 42.4 Å². The molecule has 0 saturated heterocycles. The smallest absolute Gasteiger partial charge is 0.260 e. The predicted molar refractivity (Wildman–Crippen MR) is 99.2 cm³/mol. The van der Waals surface area contributed by atoms with Crippen molar-refractivity contribution in [2.75, 3.05) is 5.32 Å². The number of carbonyl (C=O) groups is 1. The first-order valence-corrected chi connectivity index (χ1v) is 8.21. The summed E-state index contributed by atoms with van der Waals surface area (Å²) in [6.45, 7) is 0.0361. The van der Waals surface area contributed by atoms with Crippen LogP contribution in [0.2, 0.25) is 0 Å². The lowest BCUT2D eigenvalue weighted by Crippen LogP contribution is -2.45. The summed E-state index contributed by atoms with van der Waals surface area (Å²) in [5, 5.41) is 11.2. The number of hydrogen-bond donors (Lipinski definition) is 3. The van der Waals surface area contributed by atoms with Crippen LogP contribution in [0, 0.1) is 0 Å². The van der Waals surface area contributed by atoms with E-state index in [1.165, 1.54) is 4.68 Å². The zero-order chi connectivity index (χ0) is 16.9. The van der Waals surface area contributed by atoms with Crippen molar-refractivity contribution in [3.63, 3.8) is 0 Å². The summed E-state index contributed by atoms with van der Waals surface area (Å²) in [7, 11) is 0. The molecule has 1 heterocycles. The first-order valence-electron chi connectivity index (χ1n) is 7.01. The van der Waals surface area contributed by atoms with Crippen LogP contribution in [0.3, 0.4) is 0 Å². The van der Waals surface area contributed by atoms with Crippen LogP contribution in [0.5, 0.6) is 0 Å². The van der Waals surface area contributed by atoms with Crippen LogP contribution in [0.1, 0.15) is 0 Å². The average molecular weight is 405 g/mol. The monoisotopic (exact) mass is 404 g/mol. The van der Waals surface area contributed by atoms with Gasteiger partial charge in [0.1, 0.15) is 12.1 Å². The van der Waals surface area contributed by atoms with Gasteiger partial charge in [-0.2, -0.15) is 0 Å². The first-order chi connectivity index (χ1) is 11.6. The number of nitrogens with one attached hydrogen (secondary N) is 3. The summed E-state index contributed by atoms with van der Waals surface area (Å²) in [4.78, 5) is 12.0. The van der Waals surface area contributed by atoms with E-state index in [9.17, 15) is 4.79 Å². The van der Waals surface area contributed by atoms with E-state index in [0.29, 0.717) is 0 Å². The standard InChI is InChI=1S/C15H13BrN6OS/c16-10-5-7-11(8-6-10)17-15(24)20-19-14(23)9-22-13-4-2-1-3-12(13)18-21-22/h1-8H,9H2,(H,19,23)(H2,17,20,24). The second kappa shape index (κ2) is 7.37. The van der Waals surface area contributed by atoms with Gasteiger partial charge in [0.25, 0.3) is 5.91 Å². The Labute approximate surface area is 151 Å². The van der Waals surface area contributed by atoms with E-state index in [-0.39, 0.29) is 17.6 Å². The summed E-state index contributed by atoms with van der Waals surface area (Å²) in [6.07, 6.45) is 0. The molecule has 0 spiro atoms. The number of fused-ring (bicyclic) bond motifs is 1. The minimum atomic E-state index is -0.286. The summed E-state index contributed by atoms with van der Waals surface area (Å²) < 4.78 is 2.50. The van der Waals surface area contributed by atoms with Crippen LogP contribution in [0.15, 0.2) is 53.0 Å². The number of aromatic nitrogens is 3. The summed E-state index contributed by atoms with van der Waals surface area (Å²) in [5.41, 5.74) is 7.53. The van der Waals surface area contributed by atoms with Crippen molar-refractivity contribution < 1.29 is 4.79 Å². The van der Waals surface area contributed by atoms with Crippen molar-refractivity contribution in [2.24, 2.45) is 0 Å². The highest BCUT2D eigenvalue weighted by atomic mass is 79.9. The van der Waals surface area contributed by atoms with Gasteiger partial charge in [-0.25, -0.2) is 4.68 Å². The number of rotatable bonds is 3. The first kappa shape index (κ1) is 16.3. The molecular weight excluding hydrogens is 392 g/mol. The maximum absolute atomic E-state index is 12.0. The summed E-state index contributed by atoms with van der Waals surface area (Å²) in [5.74, 6) is -0.286. The van der Waals surface area contributed by atoms with Crippen LogP contribution >= 0.6 is 28.1 Å². The van der Waals surface area contributed by atoms with Crippen molar-refractivity contribution in [3.8, 4) is 0 Å². The number of carbonyl (C=O) groups excluding carboxylic acids is 1. The maximum atomic E-state index is 12.0. The molecule has 3 rings (SSSR count). The molecule has 0 saturated carbocycles. The third-order valence-electron chi connectivity index (χ3n) is 3.13. The molecule has 2 aromatic carbocycles. The molecule has 9 heteroatoms. The number of halogens is 1. The van der Waals surface area contributed by atoms with Crippen molar-refractivity contribution in [1.82, 2.24) is 25.8 Å². The molecule has 0 atom stereocenters.